The van der Waals surface area contributed by atoms with Crippen LogP contribution in [0.5, 0.6) is 0 Å². The minimum Gasteiger partial charge on any atom is -0.394 e. The zero-order valence-electron chi connectivity index (χ0n) is 15.2. The van der Waals surface area contributed by atoms with E-state index in [1.165, 1.54) is 19.0 Å². The number of carbonyl (C=O) groups excluding carboxylic acids is 1. The predicted molar refractivity (Wildman–Crippen MR) is 97.1 cm³/mol. The van der Waals surface area contributed by atoms with Crippen molar-refractivity contribution in [3.8, 4) is 0 Å². The summed E-state index contributed by atoms with van der Waals surface area (Å²) in [6.45, 7) is 0.624. The number of carbonyl (C=O) groups is 1. The average Bonchev–Trinajstić information content (AvgIpc) is 3.46. The maximum Gasteiger partial charge on any atom is 0.253 e. The molecule has 2 aromatic heterocycles. The van der Waals surface area contributed by atoms with Crippen LogP contribution >= 0.6 is 0 Å². The number of aryl methyl sites for hydroxylation is 1. The molecule has 8 nitrogen and oxygen atoms in total. The number of amides is 1. The maximum absolute atomic E-state index is 12.3. The van der Waals surface area contributed by atoms with Gasteiger partial charge in [-0.1, -0.05) is 5.21 Å². The van der Waals surface area contributed by atoms with Crippen LogP contribution in [0.1, 0.15) is 54.1 Å². The number of nitrogens with zero attached hydrogens (tertiary/aromatic N) is 4. The van der Waals surface area contributed by atoms with Gasteiger partial charge in [-0.2, -0.15) is 0 Å². The highest BCUT2D eigenvalue weighted by atomic mass is 16.5. The Morgan fingerprint density at radius 2 is 2.22 bits per heavy atom. The van der Waals surface area contributed by atoms with Crippen molar-refractivity contribution in [3.63, 3.8) is 0 Å². The van der Waals surface area contributed by atoms with Gasteiger partial charge >= 0.3 is 0 Å². The molecule has 2 aliphatic rings. The smallest absolute Gasteiger partial charge is 0.253 e. The van der Waals surface area contributed by atoms with E-state index < -0.39 is 6.10 Å². The molecule has 0 radical (unpaired) electrons. The van der Waals surface area contributed by atoms with Crippen molar-refractivity contribution in [3.05, 3.63) is 42.0 Å². The lowest BCUT2D eigenvalue weighted by molar-refractivity contribution is -0.0912. The molecule has 0 spiro atoms. The van der Waals surface area contributed by atoms with E-state index in [-0.39, 0.29) is 24.7 Å². The molecule has 144 valence electrons. The first kappa shape index (κ1) is 18.1. The quantitative estimate of drug-likeness (QED) is 0.760. The lowest BCUT2D eigenvalue weighted by Gasteiger charge is -2.36. The fourth-order valence-corrected chi connectivity index (χ4v) is 3.52. The second kappa shape index (κ2) is 8.14. The van der Waals surface area contributed by atoms with Gasteiger partial charge in [0, 0.05) is 31.1 Å². The molecular formula is C19H25N5O3. The molecule has 4 rings (SSSR count). The minimum atomic E-state index is -0.401. The highest BCUT2D eigenvalue weighted by Gasteiger charge is 2.32. The predicted octanol–water partition coefficient (Wildman–Crippen LogP) is 1.28. The molecule has 1 aliphatic carbocycles. The standard InChI is InChI=1S/C19H25N5O3/c25-12-18-16(21-19(26)14-2-1-8-20-10-14)6-5-15(27-18)7-9-24-11-17(22-23-24)13-3-4-13/h1-2,8,10-11,13,15-16,18,25H,3-7,9,12H2,(H,21,26)/t15-,16+,18+/m1/s1. The van der Waals surface area contributed by atoms with Crippen LogP contribution in [0.25, 0.3) is 0 Å². The van der Waals surface area contributed by atoms with Gasteiger partial charge in [-0.15, -0.1) is 5.10 Å². The maximum atomic E-state index is 12.3. The number of aliphatic hydroxyl groups is 1. The van der Waals surface area contributed by atoms with E-state index in [9.17, 15) is 9.90 Å². The summed E-state index contributed by atoms with van der Waals surface area (Å²) in [6, 6.07) is 3.24. The molecule has 2 N–H and O–H groups in total. The topological polar surface area (TPSA) is 102 Å². The summed E-state index contributed by atoms with van der Waals surface area (Å²) in [5, 5.41) is 21.1. The van der Waals surface area contributed by atoms with Crippen LogP contribution in [-0.4, -0.2) is 55.8 Å². The molecular weight excluding hydrogens is 346 g/mol. The fraction of sp³-hybridized carbons (Fsp3) is 0.579. The van der Waals surface area contributed by atoms with Crippen molar-refractivity contribution in [1.82, 2.24) is 25.3 Å². The first-order valence-corrected chi connectivity index (χ1v) is 9.60. The molecule has 2 aromatic rings. The van der Waals surface area contributed by atoms with Crippen LogP contribution < -0.4 is 5.32 Å². The summed E-state index contributed by atoms with van der Waals surface area (Å²) in [4.78, 5) is 16.3. The Morgan fingerprint density at radius 1 is 1.33 bits per heavy atom. The van der Waals surface area contributed by atoms with Crippen LogP contribution in [0.4, 0.5) is 0 Å². The molecule has 0 bridgehead atoms. The Hall–Kier alpha value is -2.32. The Labute approximate surface area is 157 Å². The highest BCUT2D eigenvalue weighted by molar-refractivity contribution is 5.94. The highest BCUT2D eigenvalue weighted by Crippen LogP contribution is 2.38. The molecule has 2 fully saturated rings. The summed E-state index contributed by atoms with van der Waals surface area (Å²) >= 11 is 0. The SMILES string of the molecule is O=C(N[C@H]1CC[C@H](CCn2cc(C3CC3)nn2)O[C@H]1CO)c1cccnc1. The van der Waals surface area contributed by atoms with E-state index in [1.807, 2.05) is 10.9 Å². The molecule has 1 saturated carbocycles. The molecule has 1 saturated heterocycles. The molecule has 27 heavy (non-hydrogen) atoms. The van der Waals surface area contributed by atoms with E-state index in [4.69, 9.17) is 4.74 Å². The number of nitrogens with one attached hydrogen (secondary N) is 1. The van der Waals surface area contributed by atoms with E-state index in [0.29, 0.717) is 11.5 Å². The van der Waals surface area contributed by atoms with Crippen molar-refractivity contribution >= 4 is 5.91 Å². The monoisotopic (exact) mass is 371 g/mol. The Kier molecular flexibility index (Phi) is 5.45. The lowest BCUT2D eigenvalue weighted by atomic mass is 9.97. The third kappa shape index (κ3) is 4.51. The third-order valence-electron chi connectivity index (χ3n) is 5.27. The van der Waals surface area contributed by atoms with Crippen LogP contribution in [-0.2, 0) is 11.3 Å². The first-order chi connectivity index (χ1) is 13.2. The Balaban J connectivity index is 1.27. The Morgan fingerprint density at radius 3 is 2.96 bits per heavy atom. The summed E-state index contributed by atoms with van der Waals surface area (Å²) in [7, 11) is 0. The number of rotatable bonds is 7. The van der Waals surface area contributed by atoms with Gasteiger partial charge in [0.1, 0.15) is 6.10 Å². The van der Waals surface area contributed by atoms with Gasteiger partial charge in [-0.25, -0.2) is 0 Å². The van der Waals surface area contributed by atoms with E-state index in [2.05, 4.69) is 20.6 Å². The minimum absolute atomic E-state index is 0.0438. The van der Waals surface area contributed by atoms with Crippen molar-refractivity contribution in [2.45, 2.75) is 62.8 Å². The second-order valence-electron chi connectivity index (χ2n) is 7.35. The first-order valence-electron chi connectivity index (χ1n) is 9.60. The number of hydrogen-bond acceptors (Lipinski definition) is 6. The molecule has 0 unspecified atom stereocenters. The van der Waals surface area contributed by atoms with Crippen LogP contribution in [0.3, 0.4) is 0 Å². The van der Waals surface area contributed by atoms with E-state index in [1.54, 1.807) is 18.3 Å². The van der Waals surface area contributed by atoms with Gasteiger partial charge in [-0.3, -0.25) is 14.5 Å². The van der Waals surface area contributed by atoms with Crippen molar-refractivity contribution in [2.75, 3.05) is 6.61 Å². The summed E-state index contributed by atoms with van der Waals surface area (Å²) in [6.07, 6.45) is 9.68. The van der Waals surface area contributed by atoms with Gasteiger partial charge in [0.15, 0.2) is 0 Å². The van der Waals surface area contributed by atoms with Crippen molar-refractivity contribution < 1.29 is 14.6 Å². The van der Waals surface area contributed by atoms with E-state index in [0.717, 1.165) is 31.5 Å². The van der Waals surface area contributed by atoms with Gasteiger partial charge < -0.3 is 15.2 Å². The zero-order chi connectivity index (χ0) is 18.6. The molecule has 0 aromatic carbocycles. The number of ether oxygens (including phenoxy) is 1. The molecule has 1 amide bonds. The van der Waals surface area contributed by atoms with Gasteiger partial charge in [-0.05, 0) is 44.2 Å². The average molecular weight is 371 g/mol. The lowest BCUT2D eigenvalue weighted by Crippen LogP contribution is -2.51. The van der Waals surface area contributed by atoms with Gasteiger partial charge in [0.25, 0.3) is 5.91 Å². The zero-order valence-corrected chi connectivity index (χ0v) is 15.2. The second-order valence-corrected chi connectivity index (χ2v) is 7.35. The van der Waals surface area contributed by atoms with E-state index >= 15 is 0 Å². The number of aromatic nitrogens is 4. The Bertz CT molecular complexity index is 762. The largest absolute Gasteiger partial charge is 0.394 e. The number of hydrogen-bond donors (Lipinski definition) is 2. The van der Waals surface area contributed by atoms with Crippen molar-refractivity contribution in [1.29, 1.82) is 0 Å². The number of aliphatic hydroxyl groups excluding tert-OH is 1. The summed E-state index contributed by atoms with van der Waals surface area (Å²) in [5.41, 5.74) is 1.60. The molecule has 1 aliphatic heterocycles. The van der Waals surface area contributed by atoms with Crippen LogP contribution in [0, 0.1) is 0 Å². The number of pyridine rings is 1. The van der Waals surface area contributed by atoms with Crippen molar-refractivity contribution in [2.24, 2.45) is 0 Å². The third-order valence-corrected chi connectivity index (χ3v) is 5.27. The summed E-state index contributed by atoms with van der Waals surface area (Å²) in [5.74, 6) is 0.413. The van der Waals surface area contributed by atoms with Crippen LogP contribution in [0.15, 0.2) is 30.7 Å². The molecule has 3 heterocycles. The van der Waals surface area contributed by atoms with Gasteiger partial charge in [0.2, 0.25) is 0 Å². The van der Waals surface area contributed by atoms with Crippen LogP contribution in [0.2, 0.25) is 0 Å². The molecule has 3 atom stereocenters. The molecule has 8 heteroatoms. The normalized spacial score (nSPS) is 25.3. The summed E-state index contributed by atoms with van der Waals surface area (Å²) < 4.78 is 7.91. The fourth-order valence-electron chi connectivity index (χ4n) is 3.52. The van der Waals surface area contributed by atoms with Gasteiger partial charge in [0.05, 0.1) is 30.0 Å².